The van der Waals surface area contributed by atoms with Crippen LogP contribution in [-0.4, -0.2) is 139 Å². The van der Waals surface area contributed by atoms with Gasteiger partial charge in [0.15, 0.2) is 0 Å². The van der Waals surface area contributed by atoms with E-state index in [0.717, 1.165) is 25.2 Å². The van der Waals surface area contributed by atoms with Crippen LogP contribution in [0.1, 0.15) is 129 Å². The number of hydrogen-bond donors (Lipinski definition) is 0. The summed E-state index contributed by atoms with van der Waals surface area (Å²) in [6, 6.07) is 0. The summed E-state index contributed by atoms with van der Waals surface area (Å²) >= 11 is 0. The number of amides is 1. The largest absolute Gasteiger partial charge is 0.367 e. The van der Waals surface area contributed by atoms with Crippen molar-refractivity contribution in [2.45, 2.75) is 129 Å². The molecule has 0 saturated heterocycles. The predicted octanol–water partition coefficient (Wildman–Crippen LogP) is 8.61. The molecule has 0 saturated carbocycles. The molecule has 9 nitrogen and oxygen atoms in total. The normalized spacial score (nSPS) is 13.0. The molecular weight excluding hydrogens is 608 g/mol. The standard InChI is InChI=1S/C11H23N3O.2C10H22N2.C9H21N/c1-11(2,3)8-9(15)14(7)10(12-4)13(5)6;1-10(2,3)8-7-9(11-4)12(5)6;1-9(12(5)6)11-8-7-10(2,3)4;1-9(2,3)7-6-8-10(4)5/h8H2,1-7H3;2*7-8H2,1-6H3;6-8H2,1-5H3. The third-order valence-corrected chi connectivity index (χ3v) is 7.21. The zero-order valence-electron chi connectivity index (χ0n) is 37.6. The van der Waals surface area contributed by atoms with Gasteiger partial charge in [0, 0.05) is 82.8 Å². The molecule has 0 aliphatic rings. The van der Waals surface area contributed by atoms with Gasteiger partial charge >= 0.3 is 0 Å². The first-order valence-corrected chi connectivity index (χ1v) is 18.2. The Balaban J connectivity index is -0.000000278. The molecule has 9 heteroatoms. The summed E-state index contributed by atoms with van der Waals surface area (Å²) in [5.74, 6) is 3.07. The summed E-state index contributed by atoms with van der Waals surface area (Å²) < 4.78 is 0. The first-order valence-electron chi connectivity index (χ1n) is 18.2. The van der Waals surface area contributed by atoms with Crippen LogP contribution in [0, 0.1) is 21.7 Å². The Hall–Kier alpha value is -2.16. The Morgan fingerprint density at radius 2 is 1.02 bits per heavy atom. The second-order valence-electron chi connectivity index (χ2n) is 18.8. The van der Waals surface area contributed by atoms with Crippen LogP contribution in [0.2, 0.25) is 0 Å². The highest BCUT2D eigenvalue weighted by Crippen LogP contribution is 2.22. The molecular formula is C40H88N8O. The zero-order valence-corrected chi connectivity index (χ0v) is 37.6. The van der Waals surface area contributed by atoms with Crippen molar-refractivity contribution >= 4 is 23.5 Å². The number of aliphatic imine (C=N–C) groups is 3. The third-order valence-electron chi connectivity index (χ3n) is 7.21. The molecule has 0 aliphatic carbocycles. The van der Waals surface area contributed by atoms with Crippen LogP contribution in [0.4, 0.5) is 0 Å². The average molecular weight is 697 g/mol. The molecule has 0 unspecified atom stereocenters. The van der Waals surface area contributed by atoms with Crippen molar-refractivity contribution in [3.05, 3.63) is 0 Å². The van der Waals surface area contributed by atoms with Crippen LogP contribution in [0.15, 0.2) is 15.0 Å². The average Bonchev–Trinajstić information content (AvgIpc) is 2.86. The summed E-state index contributed by atoms with van der Waals surface area (Å²) in [6.07, 6.45) is 6.58. The Morgan fingerprint density at radius 3 is 1.31 bits per heavy atom. The SMILES string of the molecule is CC(=NCCC(C)(C)C)N(C)C.CN(C)CCCC(C)(C)C.CN=C(CCC(C)(C)C)N(C)C.CN=C(N(C)C)N(C)C(=O)CC(C)(C)C. The van der Waals surface area contributed by atoms with Gasteiger partial charge in [-0.3, -0.25) is 24.7 Å². The molecule has 0 heterocycles. The fourth-order valence-corrected chi connectivity index (χ4v) is 3.98. The molecule has 0 aromatic rings. The van der Waals surface area contributed by atoms with E-state index in [-0.39, 0.29) is 11.3 Å². The minimum absolute atomic E-state index is 0.0104. The Kier molecular flexibility index (Phi) is 28.2. The minimum Gasteiger partial charge on any atom is -0.367 e. The molecule has 294 valence electrons. The predicted molar refractivity (Wildman–Crippen MR) is 223 cm³/mol. The van der Waals surface area contributed by atoms with Crippen molar-refractivity contribution in [1.82, 2.24) is 24.5 Å². The molecule has 0 aliphatic heterocycles. The van der Waals surface area contributed by atoms with Crippen molar-refractivity contribution in [2.75, 3.05) is 90.6 Å². The van der Waals surface area contributed by atoms with Crippen molar-refractivity contribution in [3.63, 3.8) is 0 Å². The van der Waals surface area contributed by atoms with Crippen LogP contribution >= 0.6 is 0 Å². The number of carbonyl (C=O) groups excluding carboxylic acids is 1. The maximum atomic E-state index is 11.9. The number of rotatable bonds is 8. The van der Waals surface area contributed by atoms with Gasteiger partial charge in [-0.25, -0.2) is 0 Å². The Bertz CT molecular complexity index is 935. The van der Waals surface area contributed by atoms with E-state index in [4.69, 9.17) is 0 Å². The summed E-state index contributed by atoms with van der Waals surface area (Å²) in [5.41, 5.74) is 1.33. The fourth-order valence-electron chi connectivity index (χ4n) is 3.98. The van der Waals surface area contributed by atoms with Crippen molar-refractivity contribution in [3.8, 4) is 0 Å². The van der Waals surface area contributed by atoms with Gasteiger partial charge < -0.3 is 19.6 Å². The first-order chi connectivity index (χ1) is 21.8. The number of carbonyl (C=O) groups is 1. The molecule has 0 aromatic carbocycles. The maximum Gasteiger partial charge on any atom is 0.229 e. The number of guanidine groups is 1. The van der Waals surface area contributed by atoms with Crippen molar-refractivity contribution in [1.29, 1.82) is 0 Å². The van der Waals surface area contributed by atoms with Gasteiger partial charge in [0.05, 0.1) is 11.7 Å². The van der Waals surface area contributed by atoms with Crippen LogP contribution < -0.4 is 0 Å². The lowest BCUT2D eigenvalue weighted by atomic mass is 9.90. The zero-order chi connectivity index (χ0) is 40.0. The van der Waals surface area contributed by atoms with Gasteiger partial charge in [-0.05, 0) is 74.9 Å². The van der Waals surface area contributed by atoms with Crippen molar-refractivity contribution < 1.29 is 4.79 Å². The van der Waals surface area contributed by atoms with E-state index >= 15 is 0 Å². The van der Waals surface area contributed by atoms with Crippen LogP contribution in [0.3, 0.4) is 0 Å². The molecule has 49 heavy (non-hydrogen) atoms. The minimum atomic E-state index is 0.0104. The lowest BCUT2D eigenvalue weighted by Gasteiger charge is -2.27. The van der Waals surface area contributed by atoms with E-state index in [9.17, 15) is 4.79 Å². The quantitative estimate of drug-likeness (QED) is 0.188. The maximum absolute atomic E-state index is 11.9. The molecule has 0 aromatic heterocycles. The molecule has 0 radical (unpaired) electrons. The topological polar surface area (TPSA) is 70.3 Å². The molecule has 0 atom stereocenters. The van der Waals surface area contributed by atoms with Gasteiger partial charge in [0.2, 0.25) is 11.9 Å². The summed E-state index contributed by atoms with van der Waals surface area (Å²) in [5, 5.41) is 0. The van der Waals surface area contributed by atoms with Crippen LogP contribution in [-0.2, 0) is 4.79 Å². The summed E-state index contributed by atoms with van der Waals surface area (Å²) in [6.45, 7) is 30.8. The molecule has 0 rings (SSSR count). The van der Waals surface area contributed by atoms with Crippen LogP contribution in [0.25, 0.3) is 0 Å². The van der Waals surface area contributed by atoms with E-state index in [0.29, 0.717) is 28.6 Å². The Morgan fingerprint density at radius 1 is 0.571 bits per heavy atom. The highest BCUT2D eigenvalue weighted by molar-refractivity contribution is 5.96. The molecule has 1 amide bonds. The number of nitrogens with zero attached hydrogens (tertiary/aromatic N) is 8. The van der Waals surface area contributed by atoms with E-state index in [1.807, 2.05) is 66.1 Å². The van der Waals surface area contributed by atoms with E-state index < -0.39 is 0 Å². The van der Waals surface area contributed by atoms with Gasteiger partial charge in [0.25, 0.3) is 0 Å². The molecule has 0 spiro atoms. The highest BCUT2D eigenvalue weighted by Gasteiger charge is 2.22. The smallest absolute Gasteiger partial charge is 0.229 e. The fraction of sp³-hybridized carbons (Fsp3) is 0.900. The van der Waals surface area contributed by atoms with E-state index in [1.54, 1.807) is 19.0 Å². The monoisotopic (exact) mass is 697 g/mol. The van der Waals surface area contributed by atoms with Gasteiger partial charge in [-0.2, -0.15) is 0 Å². The summed E-state index contributed by atoms with van der Waals surface area (Å²) in [7, 11) is 21.5. The first kappa shape index (κ1) is 53.6. The van der Waals surface area contributed by atoms with Gasteiger partial charge in [0.1, 0.15) is 0 Å². The third kappa shape index (κ3) is 40.2. The second kappa shape index (κ2) is 25.7. The summed E-state index contributed by atoms with van der Waals surface area (Å²) in [4.78, 5) is 34.5. The van der Waals surface area contributed by atoms with Gasteiger partial charge in [-0.15, -0.1) is 0 Å². The van der Waals surface area contributed by atoms with Gasteiger partial charge in [-0.1, -0.05) is 83.1 Å². The number of hydrogen-bond acceptors (Lipinski definition) is 5. The lowest BCUT2D eigenvalue weighted by Crippen LogP contribution is -2.42. The highest BCUT2D eigenvalue weighted by atomic mass is 16.2. The molecule has 0 fully saturated rings. The lowest BCUT2D eigenvalue weighted by molar-refractivity contribution is -0.128. The van der Waals surface area contributed by atoms with E-state index in [1.165, 1.54) is 31.6 Å². The Labute approximate surface area is 308 Å². The molecule has 0 N–H and O–H groups in total. The van der Waals surface area contributed by atoms with E-state index in [2.05, 4.69) is 122 Å². The molecule has 0 bridgehead atoms. The van der Waals surface area contributed by atoms with Crippen LogP contribution in [0.5, 0.6) is 0 Å². The van der Waals surface area contributed by atoms with Crippen molar-refractivity contribution in [2.24, 2.45) is 36.6 Å². The second-order valence-corrected chi connectivity index (χ2v) is 18.8. The number of amidine groups is 2.